The van der Waals surface area contributed by atoms with Crippen molar-refractivity contribution in [3.63, 3.8) is 0 Å². The number of carbonyl (C=O) groups excluding carboxylic acids is 1. The number of hydrogen-bond acceptors (Lipinski definition) is 4. The molecule has 0 aromatic rings. The minimum Gasteiger partial charge on any atom is -0.465 e. The largest absolute Gasteiger partial charge is 0.465 e. The molecule has 0 amide bonds. The fourth-order valence-corrected chi connectivity index (χ4v) is 2.73. The van der Waals surface area contributed by atoms with Crippen molar-refractivity contribution in [2.75, 3.05) is 12.4 Å². The molecule has 0 rings (SSSR count). The zero-order chi connectivity index (χ0) is 12.1. The number of rotatable bonds is 6. The van der Waals surface area contributed by atoms with Gasteiger partial charge in [0.1, 0.15) is 0 Å². The first-order valence-corrected chi connectivity index (χ1v) is 6.60. The Morgan fingerprint density at radius 3 is 2.07 bits per heavy atom. The Kier molecular flexibility index (Phi) is 5.23. The number of sulfonamides is 1. The number of hydrogen-bond donors (Lipinski definition) is 1. The van der Waals surface area contributed by atoms with Crippen LogP contribution in [0.4, 0.5) is 0 Å². The van der Waals surface area contributed by atoms with Crippen LogP contribution in [0.5, 0.6) is 0 Å². The van der Waals surface area contributed by atoms with Gasteiger partial charge in [-0.3, -0.25) is 4.79 Å². The van der Waals surface area contributed by atoms with Gasteiger partial charge in [0.15, 0.2) is 0 Å². The van der Waals surface area contributed by atoms with E-state index in [-0.39, 0.29) is 12.4 Å². The zero-order valence-electron chi connectivity index (χ0n) is 9.45. The molecule has 0 unspecified atom stereocenters. The molecule has 0 spiro atoms. The monoisotopic (exact) mass is 237 g/mol. The number of ether oxygens (including phenoxy) is 1. The molecule has 90 valence electrons. The van der Waals surface area contributed by atoms with Crippen LogP contribution in [0.15, 0.2) is 0 Å². The highest BCUT2D eigenvalue weighted by atomic mass is 32.2. The van der Waals surface area contributed by atoms with Gasteiger partial charge >= 0.3 is 5.97 Å². The summed E-state index contributed by atoms with van der Waals surface area (Å²) in [6.07, 6.45) is 1.21. The van der Waals surface area contributed by atoms with Crippen molar-refractivity contribution in [1.29, 1.82) is 0 Å². The molecule has 0 heterocycles. The molecular formula is C9H19NO4S. The smallest absolute Gasteiger partial charge is 0.302 e. The molecule has 0 saturated carbocycles. The summed E-state index contributed by atoms with van der Waals surface area (Å²) < 4.78 is 27.0. The summed E-state index contributed by atoms with van der Waals surface area (Å²) in [5.41, 5.74) is -0.556. The molecular weight excluding hydrogens is 218 g/mol. The van der Waals surface area contributed by atoms with E-state index in [4.69, 9.17) is 9.88 Å². The fourth-order valence-electron chi connectivity index (χ4n) is 1.38. The van der Waals surface area contributed by atoms with Gasteiger partial charge in [-0.05, 0) is 12.8 Å². The third-order valence-corrected chi connectivity index (χ3v) is 3.60. The summed E-state index contributed by atoms with van der Waals surface area (Å²) in [4.78, 5) is 10.7. The van der Waals surface area contributed by atoms with Crippen molar-refractivity contribution in [2.24, 2.45) is 10.6 Å². The summed E-state index contributed by atoms with van der Waals surface area (Å²) >= 11 is 0. The van der Waals surface area contributed by atoms with Gasteiger partial charge in [-0.25, -0.2) is 13.6 Å². The molecule has 15 heavy (non-hydrogen) atoms. The highest BCUT2D eigenvalue weighted by Gasteiger charge is 2.32. The third kappa shape index (κ3) is 5.74. The maximum atomic E-state index is 11.0. The molecule has 6 heteroatoms. The van der Waals surface area contributed by atoms with Gasteiger partial charge in [0.05, 0.1) is 12.4 Å². The number of nitrogens with two attached hydrogens (primary N) is 1. The van der Waals surface area contributed by atoms with E-state index in [0.29, 0.717) is 12.8 Å². The van der Waals surface area contributed by atoms with Gasteiger partial charge in [-0.15, -0.1) is 0 Å². The van der Waals surface area contributed by atoms with Crippen molar-refractivity contribution >= 4 is 16.0 Å². The molecule has 0 fully saturated rings. The topological polar surface area (TPSA) is 86.5 Å². The lowest BCUT2D eigenvalue weighted by Gasteiger charge is -2.29. The Morgan fingerprint density at radius 1 is 1.33 bits per heavy atom. The van der Waals surface area contributed by atoms with E-state index in [1.807, 2.05) is 13.8 Å². The SMILES string of the molecule is CCC(CC)(COC(C)=O)CS(N)(=O)=O. The average molecular weight is 237 g/mol. The van der Waals surface area contributed by atoms with Crippen molar-refractivity contribution < 1.29 is 17.9 Å². The van der Waals surface area contributed by atoms with Crippen LogP contribution in [0.3, 0.4) is 0 Å². The fraction of sp³-hybridized carbons (Fsp3) is 0.889. The normalized spacial score (nSPS) is 12.5. The van der Waals surface area contributed by atoms with E-state index in [9.17, 15) is 13.2 Å². The number of primary sulfonamides is 1. The maximum Gasteiger partial charge on any atom is 0.302 e. The van der Waals surface area contributed by atoms with E-state index in [1.54, 1.807) is 0 Å². The second-order valence-electron chi connectivity index (χ2n) is 3.79. The highest BCUT2D eigenvalue weighted by Crippen LogP contribution is 2.28. The van der Waals surface area contributed by atoms with Crippen LogP contribution >= 0.6 is 0 Å². The molecule has 2 N–H and O–H groups in total. The Balaban J connectivity index is 4.65. The van der Waals surface area contributed by atoms with Crippen molar-refractivity contribution in [1.82, 2.24) is 0 Å². The standard InChI is InChI=1S/C9H19NO4S/c1-4-9(5-2,6-14-8(3)11)7-15(10,12)13/h4-7H2,1-3H3,(H2,10,12,13). The van der Waals surface area contributed by atoms with Gasteiger partial charge < -0.3 is 4.74 Å². The maximum absolute atomic E-state index is 11.0. The lowest BCUT2D eigenvalue weighted by atomic mass is 9.85. The Bertz CT molecular complexity index is 306. The predicted molar refractivity (Wildman–Crippen MR) is 57.6 cm³/mol. The lowest BCUT2D eigenvalue weighted by Crippen LogP contribution is -2.37. The van der Waals surface area contributed by atoms with Crippen molar-refractivity contribution in [3.05, 3.63) is 0 Å². The van der Waals surface area contributed by atoms with Gasteiger partial charge in [0.25, 0.3) is 0 Å². The molecule has 0 atom stereocenters. The first-order chi connectivity index (χ1) is 6.74. The minimum absolute atomic E-state index is 0.103. The highest BCUT2D eigenvalue weighted by molar-refractivity contribution is 7.89. The lowest BCUT2D eigenvalue weighted by molar-refractivity contribution is -0.144. The number of carbonyl (C=O) groups is 1. The first-order valence-electron chi connectivity index (χ1n) is 4.88. The van der Waals surface area contributed by atoms with E-state index in [1.165, 1.54) is 6.92 Å². The van der Waals surface area contributed by atoms with Crippen LogP contribution in [0.25, 0.3) is 0 Å². The molecule has 0 aliphatic carbocycles. The molecule has 5 nitrogen and oxygen atoms in total. The van der Waals surface area contributed by atoms with Crippen LogP contribution in [0.2, 0.25) is 0 Å². The van der Waals surface area contributed by atoms with Crippen LogP contribution in [-0.2, 0) is 19.6 Å². The Morgan fingerprint density at radius 2 is 1.80 bits per heavy atom. The van der Waals surface area contributed by atoms with Crippen molar-refractivity contribution in [2.45, 2.75) is 33.6 Å². The zero-order valence-corrected chi connectivity index (χ0v) is 10.3. The third-order valence-electron chi connectivity index (χ3n) is 2.59. The summed E-state index contributed by atoms with van der Waals surface area (Å²) in [6.45, 7) is 5.12. The molecule has 0 saturated heterocycles. The number of esters is 1. The summed E-state index contributed by atoms with van der Waals surface area (Å²) in [6, 6.07) is 0. The van der Waals surface area contributed by atoms with Gasteiger partial charge in [-0.2, -0.15) is 0 Å². The van der Waals surface area contributed by atoms with Gasteiger partial charge in [-0.1, -0.05) is 13.8 Å². The molecule has 0 aliphatic rings. The van der Waals surface area contributed by atoms with Crippen LogP contribution < -0.4 is 5.14 Å². The second kappa shape index (κ2) is 5.46. The molecule has 0 radical (unpaired) electrons. The van der Waals surface area contributed by atoms with Crippen LogP contribution in [0.1, 0.15) is 33.6 Å². The first kappa shape index (κ1) is 14.4. The second-order valence-corrected chi connectivity index (χ2v) is 5.41. The Labute approximate surface area is 91.0 Å². The van der Waals surface area contributed by atoms with Crippen LogP contribution in [-0.4, -0.2) is 26.7 Å². The van der Waals surface area contributed by atoms with E-state index in [0.717, 1.165) is 0 Å². The summed E-state index contributed by atoms with van der Waals surface area (Å²) in [7, 11) is -3.55. The average Bonchev–Trinajstić information content (AvgIpc) is 2.10. The Hall–Kier alpha value is -0.620. The van der Waals surface area contributed by atoms with Gasteiger partial charge in [0, 0.05) is 12.3 Å². The molecule has 0 aliphatic heterocycles. The summed E-state index contributed by atoms with van der Waals surface area (Å²) in [5, 5.41) is 5.01. The van der Waals surface area contributed by atoms with Crippen molar-refractivity contribution in [3.8, 4) is 0 Å². The van der Waals surface area contributed by atoms with E-state index >= 15 is 0 Å². The summed E-state index contributed by atoms with van der Waals surface area (Å²) in [5.74, 6) is -0.559. The minimum atomic E-state index is -3.55. The van der Waals surface area contributed by atoms with E-state index in [2.05, 4.69) is 0 Å². The van der Waals surface area contributed by atoms with E-state index < -0.39 is 21.4 Å². The molecule has 0 bridgehead atoms. The quantitative estimate of drug-likeness (QED) is 0.687. The molecule has 0 aromatic carbocycles. The van der Waals surface area contributed by atoms with Gasteiger partial charge in [0.2, 0.25) is 10.0 Å². The predicted octanol–water partition coefficient (Wildman–Crippen LogP) is 0.644. The molecule has 0 aromatic heterocycles. The van der Waals surface area contributed by atoms with Crippen LogP contribution in [0, 0.1) is 5.41 Å².